The third kappa shape index (κ3) is 1.83. The third-order valence-corrected chi connectivity index (χ3v) is 2.89. The molecule has 0 amide bonds. The smallest absolute Gasteiger partial charge is 0.0704 e. The van der Waals surface area contributed by atoms with Crippen molar-refractivity contribution in [2.75, 3.05) is 20.8 Å². The molecule has 68 valence electrons. The molecule has 1 saturated carbocycles. The highest BCUT2D eigenvalue weighted by Gasteiger charge is 2.37. The van der Waals surface area contributed by atoms with Crippen molar-refractivity contribution in [2.24, 2.45) is 11.8 Å². The Labute approximate surface area is 76.0 Å². The highest BCUT2D eigenvalue weighted by Crippen LogP contribution is 2.40. The number of ether oxygens (including phenoxy) is 2. The fourth-order valence-corrected chi connectivity index (χ4v) is 2.16. The zero-order chi connectivity index (χ0) is 9.14. The van der Waals surface area contributed by atoms with E-state index in [9.17, 15) is 0 Å². The predicted molar refractivity (Wildman–Crippen MR) is 49.4 cm³/mol. The Morgan fingerprint density at radius 1 is 1.42 bits per heavy atom. The molecule has 1 rings (SSSR count). The highest BCUT2D eigenvalue weighted by molar-refractivity contribution is 6.12. The molecule has 3 heteroatoms. The topological polar surface area (TPSA) is 18.5 Å². The average Bonchev–Trinajstić information content (AvgIpc) is 2.29. The summed E-state index contributed by atoms with van der Waals surface area (Å²) in [4.78, 5) is 0. The summed E-state index contributed by atoms with van der Waals surface area (Å²) in [6.45, 7) is 2.91. The van der Waals surface area contributed by atoms with Gasteiger partial charge in [0.1, 0.15) is 0 Å². The van der Waals surface area contributed by atoms with Gasteiger partial charge in [0, 0.05) is 20.1 Å². The van der Waals surface area contributed by atoms with Crippen molar-refractivity contribution in [3.05, 3.63) is 0 Å². The summed E-state index contributed by atoms with van der Waals surface area (Å²) in [6, 6.07) is 0. The molecule has 0 aliphatic heterocycles. The minimum absolute atomic E-state index is 0.273. The second-order valence-corrected chi connectivity index (χ2v) is 3.67. The molecule has 4 unspecified atom stereocenters. The minimum atomic E-state index is 0.273. The summed E-state index contributed by atoms with van der Waals surface area (Å²) < 4.78 is 10.5. The Hall–Kier alpha value is -0.0151. The Kier molecular flexibility index (Phi) is 3.60. The van der Waals surface area contributed by atoms with Crippen molar-refractivity contribution >= 4 is 7.85 Å². The van der Waals surface area contributed by atoms with Crippen LogP contribution in [0.2, 0.25) is 5.82 Å². The molecule has 2 nitrogen and oxygen atoms in total. The van der Waals surface area contributed by atoms with Crippen LogP contribution >= 0.6 is 0 Å². The lowest BCUT2D eigenvalue weighted by Crippen LogP contribution is -2.25. The van der Waals surface area contributed by atoms with Crippen molar-refractivity contribution in [1.82, 2.24) is 0 Å². The molecule has 0 heterocycles. The molecular weight excluding hydrogens is 151 g/mol. The van der Waals surface area contributed by atoms with E-state index in [0.29, 0.717) is 11.8 Å². The zero-order valence-electron chi connectivity index (χ0n) is 8.12. The molecule has 0 aromatic carbocycles. The van der Waals surface area contributed by atoms with Crippen LogP contribution in [0.4, 0.5) is 0 Å². The van der Waals surface area contributed by atoms with E-state index in [-0.39, 0.29) is 11.9 Å². The van der Waals surface area contributed by atoms with E-state index in [1.54, 1.807) is 14.2 Å². The van der Waals surface area contributed by atoms with Crippen molar-refractivity contribution in [3.8, 4) is 0 Å². The second-order valence-electron chi connectivity index (χ2n) is 3.67. The molecular formula is C9H17BO2. The van der Waals surface area contributed by atoms with E-state index < -0.39 is 0 Å². The Morgan fingerprint density at radius 3 is 2.58 bits per heavy atom. The number of rotatable bonds is 3. The molecule has 0 N–H and O–H groups in total. The maximum absolute atomic E-state index is 5.93. The van der Waals surface area contributed by atoms with Gasteiger partial charge in [-0.05, 0) is 5.92 Å². The first-order chi connectivity index (χ1) is 5.70. The molecule has 1 fully saturated rings. The fraction of sp³-hybridized carbons (Fsp3) is 1.00. The SMILES string of the molecule is [B]C1CC(COC)C(OC)C1C. The predicted octanol–water partition coefficient (Wildman–Crippen LogP) is 1.26. The van der Waals surface area contributed by atoms with Gasteiger partial charge in [-0.1, -0.05) is 19.2 Å². The van der Waals surface area contributed by atoms with Crippen LogP contribution in [-0.2, 0) is 9.47 Å². The van der Waals surface area contributed by atoms with Crippen LogP contribution < -0.4 is 0 Å². The molecule has 0 bridgehead atoms. The Morgan fingerprint density at radius 2 is 2.08 bits per heavy atom. The first kappa shape index (κ1) is 10.1. The first-order valence-corrected chi connectivity index (χ1v) is 4.48. The van der Waals surface area contributed by atoms with Crippen LogP contribution in [0.25, 0.3) is 0 Å². The Bertz CT molecular complexity index is 140. The van der Waals surface area contributed by atoms with Gasteiger partial charge >= 0.3 is 0 Å². The normalized spacial score (nSPS) is 41.9. The highest BCUT2D eigenvalue weighted by atomic mass is 16.5. The largest absolute Gasteiger partial charge is 0.384 e. The lowest BCUT2D eigenvalue weighted by atomic mass is 9.79. The van der Waals surface area contributed by atoms with E-state index in [1.165, 1.54) is 0 Å². The molecule has 0 aromatic rings. The summed E-state index contributed by atoms with van der Waals surface area (Å²) in [5, 5.41) is 0. The van der Waals surface area contributed by atoms with Gasteiger partial charge in [-0.15, -0.1) is 0 Å². The molecule has 1 aliphatic rings. The van der Waals surface area contributed by atoms with Crippen LogP contribution in [0.1, 0.15) is 13.3 Å². The van der Waals surface area contributed by atoms with Gasteiger partial charge in [0.2, 0.25) is 0 Å². The summed E-state index contributed by atoms with van der Waals surface area (Å²) in [6.07, 6.45) is 1.30. The quantitative estimate of drug-likeness (QED) is 0.590. The van der Waals surface area contributed by atoms with Gasteiger partial charge in [-0.3, -0.25) is 0 Å². The molecule has 0 spiro atoms. The number of hydrogen-bond acceptors (Lipinski definition) is 2. The van der Waals surface area contributed by atoms with Gasteiger partial charge in [-0.2, -0.15) is 0 Å². The monoisotopic (exact) mass is 168 g/mol. The van der Waals surface area contributed by atoms with E-state index in [4.69, 9.17) is 17.3 Å². The molecule has 0 aromatic heterocycles. The first-order valence-electron chi connectivity index (χ1n) is 4.48. The summed E-state index contributed by atoms with van der Waals surface area (Å²) in [7, 11) is 9.40. The zero-order valence-corrected chi connectivity index (χ0v) is 8.12. The van der Waals surface area contributed by atoms with E-state index in [0.717, 1.165) is 13.0 Å². The van der Waals surface area contributed by atoms with Crippen LogP contribution in [0.15, 0.2) is 0 Å². The van der Waals surface area contributed by atoms with Crippen molar-refractivity contribution in [3.63, 3.8) is 0 Å². The maximum atomic E-state index is 5.93. The van der Waals surface area contributed by atoms with Gasteiger partial charge in [0.05, 0.1) is 20.6 Å². The lowest BCUT2D eigenvalue weighted by molar-refractivity contribution is 0.0131. The third-order valence-electron chi connectivity index (χ3n) is 2.89. The van der Waals surface area contributed by atoms with Crippen LogP contribution in [0, 0.1) is 11.8 Å². The minimum Gasteiger partial charge on any atom is -0.384 e. The summed E-state index contributed by atoms with van der Waals surface area (Å²) >= 11 is 0. The Balaban J connectivity index is 2.52. The standard InChI is InChI=1S/C9H17BO2/c1-6-8(10)4-7(5-11-2)9(6)12-3/h6-9H,4-5H2,1-3H3. The van der Waals surface area contributed by atoms with Crippen molar-refractivity contribution < 1.29 is 9.47 Å². The van der Waals surface area contributed by atoms with Crippen LogP contribution in [0.5, 0.6) is 0 Å². The number of methoxy groups -OCH3 is 2. The van der Waals surface area contributed by atoms with Crippen LogP contribution in [0.3, 0.4) is 0 Å². The molecule has 4 atom stereocenters. The van der Waals surface area contributed by atoms with E-state index >= 15 is 0 Å². The van der Waals surface area contributed by atoms with Gasteiger partial charge in [0.15, 0.2) is 0 Å². The van der Waals surface area contributed by atoms with Crippen molar-refractivity contribution in [1.29, 1.82) is 0 Å². The second kappa shape index (κ2) is 4.29. The molecule has 2 radical (unpaired) electrons. The van der Waals surface area contributed by atoms with E-state index in [1.807, 2.05) is 0 Å². The average molecular weight is 168 g/mol. The van der Waals surface area contributed by atoms with Gasteiger partial charge in [0.25, 0.3) is 0 Å². The van der Waals surface area contributed by atoms with Crippen LogP contribution in [-0.4, -0.2) is 34.8 Å². The van der Waals surface area contributed by atoms with Crippen molar-refractivity contribution in [2.45, 2.75) is 25.3 Å². The molecule has 12 heavy (non-hydrogen) atoms. The summed E-state index contributed by atoms with van der Waals surface area (Å²) in [5.41, 5.74) is 0. The van der Waals surface area contributed by atoms with E-state index in [2.05, 4.69) is 6.92 Å². The summed E-state index contributed by atoms with van der Waals surface area (Å²) in [5.74, 6) is 1.20. The van der Waals surface area contributed by atoms with Gasteiger partial charge in [-0.25, -0.2) is 0 Å². The number of hydrogen-bond donors (Lipinski definition) is 0. The molecule has 1 aliphatic carbocycles. The van der Waals surface area contributed by atoms with Gasteiger partial charge < -0.3 is 9.47 Å². The maximum Gasteiger partial charge on any atom is 0.0704 e. The molecule has 0 saturated heterocycles. The fourth-order valence-electron chi connectivity index (χ4n) is 2.16. The lowest BCUT2D eigenvalue weighted by Gasteiger charge is -2.21.